The largest absolute Gasteiger partial charge is 0.372 e. The van der Waals surface area contributed by atoms with E-state index in [2.05, 4.69) is 17.3 Å². The van der Waals surface area contributed by atoms with Crippen molar-refractivity contribution in [3.63, 3.8) is 0 Å². The van der Waals surface area contributed by atoms with Crippen LogP contribution in [-0.4, -0.2) is 24.8 Å². The minimum absolute atomic E-state index is 0.0174. The van der Waals surface area contributed by atoms with Gasteiger partial charge in [0.15, 0.2) is 5.78 Å². The number of ketones is 1. The third-order valence-electron chi connectivity index (χ3n) is 5.19. The van der Waals surface area contributed by atoms with Gasteiger partial charge in [0, 0.05) is 35.6 Å². The third-order valence-corrected chi connectivity index (χ3v) is 5.19. The number of hydrogen-bond acceptors (Lipinski definition) is 3. The van der Waals surface area contributed by atoms with Crippen LogP contribution >= 0.6 is 0 Å². The van der Waals surface area contributed by atoms with E-state index in [4.69, 9.17) is 0 Å². The normalized spacial score (nSPS) is 14.7. The van der Waals surface area contributed by atoms with E-state index in [1.165, 1.54) is 39.0 Å². The Morgan fingerprint density at radius 3 is 2.31 bits per heavy atom. The van der Waals surface area contributed by atoms with Gasteiger partial charge in [-0.25, -0.2) is 0 Å². The van der Waals surface area contributed by atoms with E-state index < -0.39 is 0 Å². The summed E-state index contributed by atoms with van der Waals surface area (Å²) >= 11 is 0. The molecule has 0 aliphatic heterocycles. The van der Waals surface area contributed by atoms with Crippen LogP contribution < -0.4 is 10.2 Å². The summed E-state index contributed by atoms with van der Waals surface area (Å²) in [5.74, 6) is -0.186. The molecule has 0 bridgehead atoms. The predicted octanol–water partition coefficient (Wildman–Crippen LogP) is 4.91. The average molecular weight is 350 g/mol. The Kier molecular flexibility index (Phi) is 5.71. The molecule has 4 heteroatoms. The van der Waals surface area contributed by atoms with Crippen molar-refractivity contribution in [3.8, 4) is 0 Å². The van der Waals surface area contributed by atoms with Gasteiger partial charge in [-0.3, -0.25) is 9.59 Å². The lowest BCUT2D eigenvalue weighted by Crippen LogP contribution is -2.33. The average Bonchev–Trinajstić information content (AvgIpc) is 2.68. The smallest absolute Gasteiger partial charge is 0.255 e. The van der Waals surface area contributed by atoms with E-state index in [9.17, 15) is 9.59 Å². The first-order valence-electron chi connectivity index (χ1n) is 9.30. The van der Waals surface area contributed by atoms with E-state index in [1.54, 1.807) is 24.3 Å². The number of anilines is 2. The van der Waals surface area contributed by atoms with Crippen molar-refractivity contribution < 1.29 is 9.59 Å². The number of amides is 1. The molecule has 26 heavy (non-hydrogen) atoms. The fraction of sp³-hybridized carbons (Fsp3) is 0.364. The molecule has 1 amide bonds. The van der Waals surface area contributed by atoms with Gasteiger partial charge < -0.3 is 10.2 Å². The summed E-state index contributed by atoms with van der Waals surface area (Å²) in [6, 6.07) is 15.3. The number of hydrogen-bond donors (Lipinski definition) is 1. The summed E-state index contributed by atoms with van der Waals surface area (Å²) < 4.78 is 0. The van der Waals surface area contributed by atoms with Crippen molar-refractivity contribution in [2.75, 3.05) is 17.3 Å². The zero-order chi connectivity index (χ0) is 18.5. The molecule has 1 N–H and O–H groups in total. The van der Waals surface area contributed by atoms with Gasteiger partial charge in [0.1, 0.15) is 0 Å². The molecule has 136 valence electrons. The molecule has 0 spiro atoms. The minimum Gasteiger partial charge on any atom is -0.372 e. The van der Waals surface area contributed by atoms with Crippen LogP contribution in [0.1, 0.15) is 59.7 Å². The summed E-state index contributed by atoms with van der Waals surface area (Å²) in [7, 11) is 2.14. The summed E-state index contributed by atoms with van der Waals surface area (Å²) in [4.78, 5) is 26.3. The summed E-state index contributed by atoms with van der Waals surface area (Å²) in [5.41, 5.74) is 2.98. The second-order valence-corrected chi connectivity index (χ2v) is 7.04. The summed E-state index contributed by atoms with van der Waals surface area (Å²) in [6.45, 7) is 1.52. The highest BCUT2D eigenvalue weighted by Gasteiger charge is 2.18. The zero-order valence-corrected chi connectivity index (χ0v) is 15.5. The van der Waals surface area contributed by atoms with Crippen LogP contribution in [0.15, 0.2) is 48.5 Å². The fourth-order valence-corrected chi connectivity index (χ4v) is 3.55. The molecule has 0 radical (unpaired) electrons. The Hall–Kier alpha value is -2.62. The molecule has 0 heterocycles. The molecule has 2 aromatic carbocycles. The van der Waals surface area contributed by atoms with Crippen LogP contribution in [0.4, 0.5) is 11.4 Å². The van der Waals surface area contributed by atoms with Crippen LogP contribution in [0, 0.1) is 0 Å². The van der Waals surface area contributed by atoms with E-state index in [0.29, 0.717) is 22.9 Å². The molecule has 3 rings (SSSR count). The van der Waals surface area contributed by atoms with E-state index in [0.717, 1.165) is 5.69 Å². The topological polar surface area (TPSA) is 49.4 Å². The molecule has 1 saturated carbocycles. The van der Waals surface area contributed by atoms with E-state index >= 15 is 0 Å². The molecule has 1 aliphatic carbocycles. The van der Waals surface area contributed by atoms with Crippen molar-refractivity contribution in [1.82, 2.24) is 0 Å². The Morgan fingerprint density at radius 1 is 0.962 bits per heavy atom. The highest BCUT2D eigenvalue weighted by Crippen LogP contribution is 2.26. The number of carbonyl (C=O) groups excluding carboxylic acids is 2. The lowest BCUT2D eigenvalue weighted by molar-refractivity contribution is 0.101. The van der Waals surface area contributed by atoms with Crippen molar-refractivity contribution in [2.45, 2.75) is 45.1 Å². The zero-order valence-electron chi connectivity index (χ0n) is 15.5. The molecule has 0 unspecified atom stereocenters. The second kappa shape index (κ2) is 8.17. The number of nitrogens with zero attached hydrogens (tertiary/aromatic N) is 1. The van der Waals surface area contributed by atoms with Crippen LogP contribution in [-0.2, 0) is 0 Å². The minimum atomic E-state index is -0.169. The maximum atomic E-state index is 12.5. The van der Waals surface area contributed by atoms with Crippen molar-refractivity contribution in [2.24, 2.45) is 0 Å². The predicted molar refractivity (Wildman–Crippen MR) is 106 cm³/mol. The Morgan fingerprint density at radius 2 is 1.65 bits per heavy atom. The van der Waals surface area contributed by atoms with E-state index in [1.807, 2.05) is 24.3 Å². The number of nitrogens with one attached hydrogen (secondary N) is 1. The van der Waals surface area contributed by atoms with Gasteiger partial charge in [0.05, 0.1) is 0 Å². The second-order valence-electron chi connectivity index (χ2n) is 7.04. The summed E-state index contributed by atoms with van der Waals surface area (Å²) in [6.07, 6.45) is 6.42. The Balaban J connectivity index is 1.67. The van der Waals surface area contributed by atoms with E-state index in [-0.39, 0.29) is 11.7 Å². The van der Waals surface area contributed by atoms with Gasteiger partial charge in [-0.1, -0.05) is 31.4 Å². The first-order chi connectivity index (χ1) is 12.5. The number of benzene rings is 2. The van der Waals surface area contributed by atoms with Crippen molar-refractivity contribution in [1.29, 1.82) is 0 Å². The maximum Gasteiger partial charge on any atom is 0.255 e. The molecule has 2 aromatic rings. The molecule has 1 fully saturated rings. The van der Waals surface area contributed by atoms with Gasteiger partial charge in [0.2, 0.25) is 0 Å². The van der Waals surface area contributed by atoms with Gasteiger partial charge in [-0.2, -0.15) is 0 Å². The molecule has 0 aromatic heterocycles. The Labute approximate surface area is 155 Å². The first-order valence-corrected chi connectivity index (χ1v) is 9.30. The SMILES string of the molecule is CC(=O)c1cccc(NC(=O)c2ccc(N(C)C3CCCCC3)cc2)c1. The van der Waals surface area contributed by atoms with Crippen LogP contribution in [0.5, 0.6) is 0 Å². The molecule has 4 nitrogen and oxygen atoms in total. The quantitative estimate of drug-likeness (QED) is 0.780. The highest BCUT2D eigenvalue weighted by atomic mass is 16.1. The lowest BCUT2D eigenvalue weighted by Gasteiger charge is -2.33. The van der Waals surface area contributed by atoms with Gasteiger partial charge in [-0.05, 0) is 56.2 Å². The number of carbonyl (C=O) groups is 2. The molecule has 0 saturated heterocycles. The maximum absolute atomic E-state index is 12.5. The summed E-state index contributed by atoms with van der Waals surface area (Å²) in [5, 5.41) is 2.86. The van der Waals surface area contributed by atoms with Gasteiger partial charge in [-0.15, -0.1) is 0 Å². The van der Waals surface area contributed by atoms with Gasteiger partial charge in [0.25, 0.3) is 5.91 Å². The van der Waals surface area contributed by atoms with Crippen LogP contribution in [0.3, 0.4) is 0 Å². The van der Waals surface area contributed by atoms with Crippen LogP contribution in [0.2, 0.25) is 0 Å². The molecule has 0 atom stereocenters. The first kappa shape index (κ1) is 18.2. The molecular formula is C22H26N2O2. The van der Waals surface area contributed by atoms with Crippen molar-refractivity contribution in [3.05, 3.63) is 59.7 Å². The number of rotatable bonds is 5. The van der Waals surface area contributed by atoms with Crippen molar-refractivity contribution >= 4 is 23.1 Å². The highest BCUT2D eigenvalue weighted by molar-refractivity contribution is 6.05. The standard InChI is InChI=1S/C22H26N2O2/c1-16(25)18-7-6-8-19(15-18)23-22(26)17-11-13-21(14-12-17)24(2)20-9-4-3-5-10-20/h6-8,11-15,20H,3-5,9-10H2,1-2H3,(H,23,26). The number of Topliss-reactive ketones (excluding diaryl/α,β-unsaturated/α-hetero) is 1. The van der Waals surface area contributed by atoms with Gasteiger partial charge >= 0.3 is 0 Å². The Bertz CT molecular complexity index is 777. The monoisotopic (exact) mass is 350 g/mol. The fourth-order valence-electron chi connectivity index (χ4n) is 3.55. The molecular weight excluding hydrogens is 324 g/mol. The van der Waals surface area contributed by atoms with Crippen LogP contribution in [0.25, 0.3) is 0 Å². The third kappa shape index (κ3) is 4.31. The molecule has 1 aliphatic rings. The lowest BCUT2D eigenvalue weighted by atomic mass is 9.94.